The Labute approximate surface area is 204 Å². The van der Waals surface area contributed by atoms with Crippen LogP contribution < -0.4 is 10.7 Å². The summed E-state index contributed by atoms with van der Waals surface area (Å²) < 4.78 is 15.6. The Morgan fingerprint density at radius 1 is 0.971 bits per heavy atom. The fraction of sp³-hybridized carbons (Fsp3) is 0.154. The summed E-state index contributed by atoms with van der Waals surface area (Å²) in [5, 5.41) is 3.26. The molecule has 0 aliphatic rings. The minimum atomic E-state index is -0.957. The SMILES string of the molecule is CCOC(=O)c1c(NC(=O)COC(=O)c2cc(=O)c3ccccc3o2)sc(-c2ccccc2)c1C. The molecule has 2 aromatic heterocycles. The Bertz CT molecular complexity index is 1470. The number of hydrogen-bond acceptors (Lipinski definition) is 8. The van der Waals surface area contributed by atoms with Crippen molar-refractivity contribution >= 4 is 45.2 Å². The standard InChI is InChI=1S/C26H21NO7S/c1-3-32-26(31)22-15(2)23(16-9-5-4-6-10-16)35-24(22)27-21(29)14-33-25(30)20-13-18(28)17-11-7-8-12-19(17)34-20/h4-13H,3,14H2,1-2H3,(H,27,29). The second-order valence-electron chi connectivity index (χ2n) is 7.44. The van der Waals surface area contributed by atoms with Gasteiger partial charge in [0.05, 0.1) is 17.6 Å². The third kappa shape index (κ3) is 5.15. The average molecular weight is 492 g/mol. The largest absolute Gasteiger partial charge is 0.462 e. The van der Waals surface area contributed by atoms with Crippen LogP contribution in [0.25, 0.3) is 21.4 Å². The molecular formula is C26H21NO7S. The molecule has 35 heavy (non-hydrogen) atoms. The maximum absolute atomic E-state index is 12.6. The van der Waals surface area contributed by atoms with Gasteiger partial charge in [0, 0.05) is 10.9 Å². The monoisotopic (exact) mass is 491 g/mol. The molecule has 8 nitrogen and oxygen atoms in total. The Kier molecular flexibility index (Phi) is 7.07. The van der Waals surface area contributed by atoms with Crippen molar-refractivity contribution in [3.05, 3.63) is 87.8 Å². The smallest absolute Gasteiger partial charge is 0.374 e. The summed E-state index contributed by atoms with van der Waals surface area (Å²) in [7, 11) is 0. The predicted octanol–water partition coefficient (Wildman–Crippen LogP) is 4.80. The molecule has 9 heteroatoms. The summed E-state index contributed by atoms with van der Waals surface area (Å²) in [5.74, 6) is -2.49. The molecular weight excluding hydrogens is 470 g/mol. The molecule has 4 rings (SSSR count). The van der Waals surface area contributed by atoms with Crippen LogP contribution in [0.4, 0.5) is 5.00 Å². The van der Waals surface area contributed by atoms with Gasteiger partial charge in [-0.3, -0.25) is 9.59 Å². The Hall–Kier alpha value is -4.24. The summed E-state index contributed by atoms with van der Waals surface area (Å²) in [6.07, 6.45) is 0. The van der Waals surface area contributed by atoms with Crippen molar-refractivity contribution in [3.8, 4) is 10.4 Å². The Morgan fingerprint density at radius 3 is 2.43 bits per heavy atom. The summed E-state index contributed by atoms with van der Waals surface area (Å²) in [5.41, 5.74) is 1.64. The van der Waals surface area contributed by atoms with Crippen LogP contribution in [-0.2, 0) is 14.3 Å². The summed E-state index contributed by atoms with van der Waals surface area (Å²) in [6.45, 7) is 3.01. The van der Waals surface area contributed by atoms with Gasteiger partial charge in [-0.25, -0.2) is 9.59 Å². The number of nitrogens with one attached hydrogen (secondary N) is 1. The number of carbonyl (C=O) groups excluding carboxylic acids is 3. The summed E-state index contributed by atoms with van der Waals surface area (Å²) >= 11 is 1.22. The molecule has 1 N–H and O–H groups in total. The van der Waals surface area contributed by atoms with Crippen LogP contribution in [0, 0.1) is 6.92 Å². The molecule has 178 valence electrons. The number of benzene rings is 2. The lowest BCUT2D eigenvalue weighted by atomic mass is 10.1. The van der Waals surface area contributed by atoms with Gasteiger partial charge in [0.1, 0.15) is 10.6 Å². The average Bonchev–Trinajstić information content (AvgIpc) is 3.18. The lowest BCUT2D eigenvalue weighted by Crippen LogP contribution is -2.22. The number of thiophene rings is 1. The molecule has 0 fully saturated rings. The number of esters is 2. The third-order valence-electron chi connectivity index (χ3n) is 5.09. The van der Waals surface area contributed by atoms with Crippen molar-refractivity contribution in [2.24, 2.45) is 0 Å². The van der Waals surface area contributed by atoms with E-state index in [9.17, 15) is 19.2 Å². The first kappa shape index (κ1) is 23.9. The molecule has 0 saturated carbocycles. The molecule has 0 aliphatic heterocycles. The molecule has 0 bridgehead atoms. The third-order valence-corrected chi connectivity index (χ3v) is 6.34. The molecule has 0 atom stereocenters. The van der Waals surface area contributed by atoms with Gasteiger partial charge in [-0.15, -0.1) is 11.3 Å². The van der Waals surface area contributed by atoms with E-state index >= 15 is 0 Å². The van der Waals surface area contributed by atoms with Crippen LogP contribution in [-0.4, -0.2) is 31.1 Å². The van der Waals surface area contributed by atoms with Crippen LogP contribution >= 0.6 is 11.3 Å². The van der Waals surface area contributed by atoms with Gasteiger partial charge in [-0.05, 0) is 37.1 Å². The van der Waals surface area contributed by atoms with Gasteiger partial charge in [0.2, 0.25) is 5.76 Å². The predicted molar refractivity (Wildman–Crippen MR) is 132 cm³/mol. The topological polar surface area (TPSA) is 112 Å². The van der Waals surface area contributed by atoms with Gasteiger partial charge in [-0.2, -0.15) is 0 Å². The lowest BCUT2D eigenvalue weighted by molar-refractivity contribution is -0.119. The van der Waals surface area contributed by atoms with Gasteiger partial charge in [-0.1, -0.05) is 42.5 Å². The molecule has 0 radical (unpaired) electrons. The quantitative estimate of drug-likeness (QED) is 0.370. The fourth-order valence-electron chi connectivity index (χ4n) is 3.48. The minimum Gasteiger partial charge on any atom is -0.462 e. The van der Waals surface area contributed by atoms with E-state index in [1.165, 1.54) is 11.3 Å². The maximum atomic E-state index is 12.6. The second kappa shape index (κ2) is 10.4. The Balaban J connectivity index is 1.52. The number of carbonyl (C=O) groups is 3. The first-order chi connectivity index (χ1) is 16.9. The Morgan fingerprint density at radius 2 is 1.69 bits per heavy atom. The molecule has 2 aromatic carbocycles. The van der Waals surface area contributed by atoms with Crippen molar-refractivity contribution in [2.75, 3.05) is 18.5 Å². The highest BCUT2D eigenvalue weighted by molar-refractivity contribution is 7.20. The van der Waals surface area contributed by atoms with Crippen molar-refractivity contribution in [1.82, 2.24) is 0 Å². The van der Waals surface area contributed by atoms with Crippen LogP contribution in [0.1, 0.15) is 33.4 Å². The van der Waals surface area contributed by atoms with Crippen LogP contribution in [0.2, 0.25) is 0 Å². The molecule has 0 aliphatic carbocycles. The lowest BCUT2D eigenvalue weighted by Gasteiger charge is -2.08. The number of fused-ring (bicyclic) bond motifs is 1. The van der Waals surface area contributed by atoms with Gasteiger partial charge < -0.3 is 19.2 Å². The molecule has 0 saturated heterocycles. The van der Waals surface area contributed by atoms with E-state index in [1.54, 1.807) is 38.1 Å². The zero-order valence-corrected chi connectivity index (χ0v) is 19.8. The van der Waals surface area contributed by atoms with Gasteiger partial charge in [0.15, 0.2) is 12.0 Å². The highest BCUT2D eigenvalue weighted by atomic mass is 32.1. The summed E-state index contributed by atoms with van der Waals surface area (Å²) in [4.78, 5) is 50.6. The van der Waals surface area contributed by atoms with Crippen LogP contribution in [0.5, 0.6) is 0 Å². The fourth-order valence-corrected chi connectivity index (χ4v) is 4.70. The first-order valence-electron chi connectivity index (χ1n) is 10.7. The van der Waals surface area contributed by atoms with E-state index < -0.39 is 29.9 Å². The highest BCUT2D eigenvalue weighted by Gasteiger charge is 2.25. The number of amides is 1. The van der Waals surface area contributed by atoms with E-state index in [-0.39, 0.29) is 28.5 Å². The van der Waals surface area contributed by atoms with Crippen molar-refractivity contribution in [2.45, 2.75) is 13.8 Å². The zero-order chi connectivity index (χ0) is 24.9. The van der Waals surface area contributed by atoms with Crippen molar-refractivity contribution < 1.29 is 28.3 Å². The number of ether oxygens (including phenoxy) is 2. The first-order valence-corrected chi connectivity index (χ1v) is 11.6. The second-order valence-corrected chi connectivity index (χ2v) is 8.46. The number of rotatable bonds is 7. The summed E-state index contributed by atoms with van der Waals surface area (Å²) in [6, 6.07) is 16.9. The molecule has 2 heterocycles. The molecule has 1 amide bonds. The number of anilines is 1. The van der Waals surface area contributed by atoms with E-state index in [4.69, 9.17) is 13.9 Å². The molecule has 0 spiro atoms. The zero-order valence-electron chi connectivity index (χ0n) is 19.0. The van der Waals surface area contributed by atoms with Crippen LogP contribution in [0.3, 0.4) is 0 Å². The van der Waals surface area contributed by atoms with Gasteiger partial charge in [0.25, 0.3) is 5.91 Å². The normalized spacial score (nSPS) is 10.7. The van der Waals surface area contributed by atoms with E-state index in [1.807, 2.05) is 30.3 Å². The highest BCUT2D eigenvalue weighted by Crippen LogP contribution is 2.40. The van der Waals surface area contributed by atoms with Gasteiger partial charge >= 0.3 is 11.9 Å². The number of para-hydroxylation sites is 1. The van der Waals surface area contributed by atoms with E-state index in [0.29, 0.717) is 10.9 Å². The van der Waals surface area contributed by atoms with Crippen molar-refractivity contribution in [1.29, 1.82) is 0 Å². The van der Waals surface area contributed by atoms with E-state index in [2.05, 4.69) is 5.32 Å². The molecule has 0 unspecified atom stereocenters. The number of hydrogen-bond donors (Lipinski definition) is 1. The minimum absolute atomic E-state index is 0.177. The molecule has 4 aromatic rings. The van der Waals surface area contributed by atoms with E-state index in [0.717, 1.165) is 16.5 Å². The van der Waals surface area contributed by atoms with Crippen molar-refractivity contribution in [3.63, 3.8) is 0 Å². The van der Waals surface area contributed by atoms with Crippen LogP contribution in [0.15, 0.2) is 69.9 Å². The maximum Gasteiger partial charge on any atom is 0.374 e.